The Balaban J connectivity index is 2.11. The molecule has 1 aromatic heterocycles. The highest BCUT2D eigenvalue weighted by Gasteiger charge is 2.33. The lowest BCUT2D eigenvalue weighted by Crippen LogP contribution is -2.50. The second-order valence-electron chi connectivity index (χ2n) is 3.79. The molecule has 2 heterocycles. The zero-order valence-electron chi connectivity index (χ0n) is 9.17. The maximum atomic E-state index is 10.7. The summed E-state index contributed by atoms with van der Waals surface area (Å²) >= 11 is 0. The lowest BCUT2D eigenvalue weighted by Gasteiger charge is -2.37. The van der Waals surface area contributed by atoms with Gasteiger partial charge in [-0.2, -0.15) is 4.98 Å². The number of aliphatic carboxylic acids is 1. The largest absolute Gasteiger partial charge is 0.481 e. The molecule has 6 heteroatoms. The third-order valence-corrected chi connectivity index (χ3v) is 2.56. The Morgan fingerprint density at radius 1 is 1.56 bits per heavy atom. The molecule has 0 spiro atoms. The summed E-state index contributed by atoms with van der Waals surface area (Å²) in [5.41, 5.74) is 0.806. The zero-order valence-corrected chi connectivity index (χ0v) is 9.17. The van der Waals surface area contributed by atoms with Crippen LogP contribution < -0.4 is 9.64 Å². The average molecular weight is 223 g/mol. The quantitative estimate of drug-likeness (QED) is 0.795. The molecule has 1 saturated heterocycles. The summed E-state index contributed by atoms with van der Waals surface area (Å²) in [5.74, 6) is -0.322. The molecule has 1 fully saturated rings. The lowest BCUT2D eigenvalue weighted by molar-refractivity contribution is -0.142. The van der Waals surface area contributed by atoms with Crippen molar-refractivity contribution in [2.75, 3.05) is 25.1 Å². The van der Waals surface area contributed by atoms with Gasteiger partial charge in [0, 0.05) is 24.8 Å². The van der Waals surface area contributed by atoms with Gasteiger partial charge in [0.15, 0.2) is 0 Å². The van der Waals surface area contributed by atoms with Crippen LogP contribution in [0.2, 0.25) is 0 Å². The van der Waals surface area contributed by atoms with Gasteiger partial charge in [0.25, 0.3) is 0 Å². The van der Waals surface area contributed by atoms with E-state index in [2.05, 4.69) is 9.97 Å². The number of nitrogens with zero attached hydrogens (tertiary/aromatic N) is 3. The van der Waals surface area contributed by atoms with E-state index in [1.165, 1.54) is 7.11 Å². The van der Waals surface area contributed by atoms with Crippen molar-refractivity contribution in [3.8, 4) is 6.01 Å². The smallest absolute Gasteiger partial charge is 0.318 e. The predicted molar refractivity (Wildman–Crippen MR) is 56.7 cm³/mol. The molecule has 86 valence electrons. The fraction of sp³-hybridized carbons (Fsp3) is 0.500. The summed E-state index contributed by atoms with van der Waals surface area (Å²) in [5, 5.41) is 8.77. The topological polar surface area (TPSA) is 75.5 Å². The molecule has 1 N–H and O–H groups in total. The van der Waals surface area contributed by atoms with E-state index in [1.807, 2.05) is 17.9 Å². The van der Waals surface area contributed by atoms with Gasteiger partial charge in [-0.1, -0.05) is 0 Å². The number of hydrogen-bond acceptors (Lipinski definition) is 5. The van der Waals surface area contributed by atoms with Gasteiger partial charge in [-0.3, -0.25) is 4.79 Å². The first-order valence-corrected chi connectivity index (χ1v) is 4.97. The molecule has 0 amide bonds. The van der Waals surface area contributed by atoms with Gasteiger partial charge >= 0.3 is 12.0 Å². The van der Waals surface area contributed by atoms with Crippen LogP contribution >= 0.6 is 0 Å². The van der Waals surface area contributed by atoms with Crippen molar-refractivity contribution in [3.63, 3.8) is 0 Å². The maximum Gasteiger partial charge on any atom is 0.318 e. The molecular weight excluding hydrogens is 210 g/mol. The fourth-order valence-corrected chi connectivity index (χ4v) is 1.60. The molecule has 0 bridgehead atoms. The first-order valence-electron chi connectivity index (χ1n) is 4.97. The number of aromatic nitrogens is 2. The van der Waals surface area contributed by atoms with Crippen LogP contribution in [0.25, 0.3) is 0 Å². The first kappa shape index (κ1) is 10.7. The normalized spacial score (nSPS) is 15.8. The molecule has 0 radical (unpaired) electrons. The van der Waals surface area contributed by atoms with Crippen molar-refractivity contribution < 1.29 is 14.6 Å². The summed E-state index contributed by atoms with van der Waals surface area (Å²) in [4.78, 5) is 20.8. The van der Waals surface area contributed by atoms with Crippen molar-refractivity contribution in [2.45, 2.75) is 6.92 Å². The van der Waals surface area contributed by atoms with Crippen LogP contribution in [-0.4, -0.2) is 41.2 Å². The second kappa shape index (κ2) is 3.96. The third kappa shape index (κ3) is 1.91. The highest BCUT2D eigenvalue weighted by molar-refractivity contribution is 5.74. The Labute approximate surface area is 92.9 Å². The van der Waals surface area contributed by atoms with E-state index >= 15 is 0 Å². The number of carbonyl (C=O) groups is 1. The van der Waals surface area contributed by atoms with Crippen LogP contribution in [0, 0.1) is 12.8 Å². The van der Waals surface area contributed by atoms with Gasteiger partial charge in [-0.25, -0.2) is 4.98 Å². The summed E-state index contributed by atoms with van der Waals surface area (Å²) in [7, 11) is 1.51. The average Bonchev–Trinajstić information content (AvgIpc) is 2.13. The number of carboxylic acids is 1. The van der Waals surface area contributed by atoms with Crippen LogP contribution in [0.3, 0.4) is 0 Å². The number of rotatable bonds is 3. The van der Waals surface area contributed by atoms with E-state index in [1.54, 1.807) is 0 Å². The molecular formula is C10H13N3O3. The molecule has 1 aliphatic heterocycles. The van der Waals surface area contributed by atoms with Crippen molar-refractivity contribution >= 4 is 11.8 Å². The summed E-state index contributed by atoms with van der Waals surface area (Å²) in [6.07, 6.45) is 0. The summed E-state index contributed by atoms with van der Waals surface area (Å²) in [6.45, 7) is 2.84. The minimum Gasteiger partial charge on any atom is -0.481 e. The summed E-state index contributed by atoms with van der Waals surface area (Å²) < 4.78 is 4.96. The number of ether oxygens (including phenoxy) is 1. The molecule has 1 aliphatic rings. The Morgan fingerprint density at radius 2 is 2.25 bits per heavy atom. The third-order valence-electron chi connectivity index (χ3n) is 2.56. The number of anilines is 1. The fourth-order valence-electron chi connectivity index (χ4n) is 1.60. The minimum atomic E-state index is -0.756. The van der Waals surface area contributed by atoms with Crippen LogP contribution in [0.4, 0.5) is 5.82 Å². The van der Waals surface area contributed by atoms with Gasteiger partial charge < -0.3 is 14.7 Å². The molecule has 6 nitrogen and oxygen atoms in total. The minimum absolute atomic E-state index is 0.290. The van der Waals surface area contributed by atoms with Crippen LogP contribution in [0.15, 0.2) is 6.07 Å². The van der Waals surface area contributed by atoms with Crippen molar-refractivity contribution in [1.29, 1.82) is 0 Å². The first-order chi connectivity index (χ1) is 7.60. The van der Waals surface area contributed by atoms with Crippen LogP contribution in [0.5, 0.6) is 6.01 Å². The molecule has 16 heavy (non-hydrogen) atoms. The molecule has 0 unspecified atom stereocenters. The van der Waals surface area contributed by atoms with E-state index in [0.29, 0.717) is 19.1 Å². The van der Waals surface area contributed by atoms with E-state index in [0.717, 1.165) is 11.5 Å². The van der Waals surface area contributed by atoms with Crippen LogP contribution in [0.1, 0.15) is 5.69 Å². The lowest BCUT2D eigenvalue weighted by atomic mass is 10.0. The molecule has 0 aromatic carbocycles. The molecule has 0 atom stereocenters. The molecule has 0 aliphatic carbocycles. The van der Waals surface area contributed by atoms with Gasteiger partial charge in [0.05, 0.1) is 13.0 Å². The number of hydrogen-bond donors (Lipinski definition) is 1. The molecule has 2 rings (SSSR count). The van der Waals surface area contributed by atoms with E-state index in [-0.39, 0.29) is 5.92 Å². The summed E-state index contributed by atoms with van der Waals surface area (Å²) in [6, 6.07) is 2.13. The maximum absolute atomic E-state index is 10.7. The standard InChI is InChI=1S/C10H13N3O3/c1-6-3-8(12-10(11-6)16-2)13-4-7(5-13)9(14)15/h3,7H,4-5H2,1-2H3,(H,14,15). The molecule has 0 saturated carbocycles. The monoisotopic (exact) mass is 223 g/mol. The Hall–Kier alpha value is -1.85. The Bertz CT molecular complexity index is 416. The van der Waals surface area contributed by atoms with Gasteiger partial charge in [-0.15, -0.1) is 0 Å². The van der Waals surface area contributed by atoms with E-state index in [4.69, 9.17) is 9.84 Å². The highest BCUT2D eigenvalue weighted by atomic mass is 16.5. The number of aryl methyl sites for hydroxylation is 1. The van der Waals surface area contributed by atoms with Crippen molar-refractivity contribution in [2.24, 2.45) is 5.92 Å². The van der Waals surface area contributed by atoms with Gasteiger partial charge in [-0.05, 0) is 6.92 Å². The van der Waals surface area contributed by atoms with Crippen molar-refractivity contribution in [3.05, 3.63) is 11.8 Å². The Morgan fingerprint density at radius 3 is 2.81 bits per heavy atom. The van der Waals surface area contributed by atoms with E-state index < -0.39 is 5.97 Å². The number of methoxy groups -OCH3 is 1. The van der Waals surface area contributed by atoms with Gasteiger partial charge in [0.2, 0.25) is 0 Å². The Kier molecular flexibility index (Phi) is 2.64. The van der Waals surface area contributed by atoms with Crippen LogP contribution in [-0.2, 0) is 4.79 Å². The highest BCUT2D eigenvalue weighted by Crippen LogP contribution is 2.24. The SMILES string of the molecule is COc1nc(C)cc(N2CC(C(=O)O)C2)n1. The predicted octanol–water partition coefficient (Wildman–Crippen LogP) is 0.314. The zero-order chi connectivity index (χ0) is 11.7. The van der Waals surface area contributed by atoms with Gasteiger partial charge in [0.1, 0.15) is 5.82 Å². The molecule has 1 aromatic rings. The number of carboxylic acid groups (broad SMARTS) is 1. The van der Waals surface area contributed by atoms with E-state index in [9.17, 15) is 4.79 Å². The van der Waals surface area contributed by atoms with Crippen molar-refractivity contribution in [1.82, 2.24) is 9.97 Å². The second-order valence-corrected chi connectivity index (χ2v) is 3.79.